The molecule has 0 radical (unpaired) electrons. The molecule has 0 saturated heterocycles. The first-order valence-electron chi connectivity index (χ1n) is 5.63. The Kier molecular flexibility index (Phi) is 4.20. The van der Waals surface area contributed by atoms with Gasteiger partial charge in [-0.05, 0) is 6.92 Å². The van der Waals surface area contributed by atoms with Crippen LogP contribution in [-0.4, -0.2) is 27.8 Å². The third-order valence-corrected chi connectivity index (χ3v) is 4.26. The lowest BCUT2D eigenvalue weighted by atomic mass is 10.3. The summed E-state index contributed by atoms with van der Waals surface area (Å²) in [4.78, 5) is 5.35. The van der Waals surface area contributed by atoms with Crippen LogP contribution in [0.3, 0.4) is 0 Å². The second-order valence-electron chi connectivity index (χ2n) is 4.10. The summed E-state index contributed by atoms with van der Waals surface area (Å²) in [6, 6.07) is 0.520. The highest BCUT2D eigenvalue weighted by Gasteiger charge is 2.09. The molecule has 0 aliphatic heterocycles. The SMILES string of the molecule is Cc1ncc(-c2nnc(CCNC(C)C)s2)s1. The highest BCUT2D eigenvalue weighted by atomic mass is 32.1. The Balaban J connectivity index is 1.96. The fraction of sp³-hybridized carbons (Fsp3) is 0.545. The number of nitrogens with zero attached hydrogens (tertiary/aromatic N) is 3. The van der Waals surface area contributed by atoms with Crippen molar-refractivity contribution in [2.75, 3.05) is 6.54 Å². The van der Waals surface area contributed by atoms with E-state index in [0.717, 1.165) is 32.9 Å². The van der Waals surface area contributed by atoms with Crippen molar-refractivity contribution in [3.8, 4) is 9.88 Å². The van der Waals surface area contributed by atoms with E-state index in [2.05, 4.69) is 34.3 Å². The minimum absolute atomic E-state index is 0.520. The summed E-state index contributed by atoms with van der Waals surface area (Å²) in [5.74, 6) is 0. The van der Waals surface area contributed by atoms with Crippen molar-refractivity contribution in [3.05, 3.63) is 16.2 Å². The van der Waals surface area contributed by atoms with Crippen molar-refractivity contribution in [1.82, 2.24) is 20.5 Å². The summed E-state index contributed by atoms with van der Waals surface area (Å²) in [7, 11) is 0. The van der Waals surface area contributed by atoms with Crippen LogP contribution >= 0.6 is 22.7 Å². The predicted molar refractivity (Wildman–Crippen MR) is 72.6 cm³/mol. The van der Waals surface area contributed by atoms with Gasteiger partial charge in [0.15, 0.2) is 5.01 Å². The lowest BCUT2D eigenvalue weighted by Gasteiger charge is -2.04. The van der Waals surface area contributed by atoms with Crippen LogP contribution in [0.2, 0.25) is 0 Å². The van der Waals surface area contributed by atoms with Crippen LogP contribution in [0.5, 0.6) is 0 Å². The lowest BCUT2D eigenvalue weighted by molar-refractivity contribution is 0.588. The van der Waals surface area contributed by atoms with Gasteiger partial charge in [0, 0.05) is 25.2 Å². The molecule has 0 amide bonds. The van der Waals surface area contributed by atoms with E-state index in [9.17, 15) is 0 Å². The van der Waals surface area contributed by atoms with Crippen molar-refractivity contribution in [1.29, 1.82) is 0 Å². The van der Waals surface area contributed by atoms with Crippen molar-refractivity contribution in [2.24, 2.45) is 0 Å². The van der Waals surface area contributed by atoms with E-state index >= 15 is 0 Å². The summed E-state index contributed by atoms with van der Waals surface area (Å²) in [5, 5.41) is 14.9. The minimum Gasteiger partial charge on any atom is -0.314 e. The summed E-state index contributed by atoms with van der Waals surface area (Å²) in [6.45, 7) is 7.24. The Morgan fingerprint density at radius 3 is 2.76 bits per heavy atom. The monoisotopic (exact) mass is 268 g/mol. The molecule has 0 bridgehead atoms. The predicted octanol–water partition coefficient (Wildman–Crippen LogP) is 2.51. The average molecular weight is 268 g/mol. The molecule has 2 heterocycles. The Morgan fingerprint density at radius 2 is 2.12 bits per heavy atom. The topological polar surface area (TPSA) is 50.7 Å². The number of aromatic nitrogens is 3. The molecule has 2 rings (SSSR count). The molecule has 1 N–H and O–H groups in total. The van der Waals surface area contributed by atoms with E-state index < -0.39 is 0 Å². The fourth-order valence-electron chi connectivity index (χ4n) is 1.38. The first kappa shape index (κ1) is 12.6. The molecule has 0 atom stereocenters. The molecule has 0 saturated carbocycles. The molecule has 0 unspecified atom stereocenters. The zero-order valence-corrected chi connectivity index (χ0v) is 11.9. The zero-order valence-electron chi connectivity index (χ0n) is 10.2. The third-order valence-electron chi connectivity index (χ3n) is 2.19. The maximum Gasteiger partial charge on any atom is 0.159 e. The molecule has 92 valence electrons. The Labute approximate surface area is 109 Å². The number of rotatable bonds is 5. The van der Waals surface area contributed by atoms with E-state index in [1.54, 1.807) is 22.7 Å². The van der Waals surface area contributed by atoms with Crippen LogP contribution in [0, 0.1) is 6.92 Å². The van der Waals surface area contributed by atoms with Crippen LogP contribution < -0.4 is 5.32 Å². The van der Waals surface area contributed by atoms with Gasteiger partial charge in [0.1, 0.15) is 5.01 Å². The third kappa shape index (κ3) is 3.55. The summed E-state index contributed by atoms with van der Waals surface area (Å²) in [5.41, 5.74) is 0. The van der Waals surface area contributed by atoms with Gasteiger partial charge in [0.2, 0.25) is 0 Å². The largest absolute Gasteiger partial charge is 0.314 e. The molecular weight excluding hydrogens is 252 g/mol. The molecule has 0 aromatic carbocycles. The smallest absolute Gasteiger partial charge is 0.159 e. The van der Waals surface area contributed by atoms with Crippen LogP contribution in [0.25, 0.3) is 9.88 Å². The number of aryl methyl sites for hydroxylation is 1. The molecule has 4 nitrogen and oxygen atoms in total. The van der Waals surface area contributed by atoms with E-state index in [1.165, 1.54) is 0 Å². The zero-order chi connectivity index (χ0) is 12.3. The lowest BCUT2D eigenvalue weighted by Crippen LogP contribution is -2.24. The molecule has 6 heteroatoms. The summed E-state index contributed by atoms with van der Waals surface area (Å²) in [6.07, 6.45) is 2.81. The molecule has 0 aliphatic rings. The maximum absolute atomic E-state index is 4.23. The Hall–Kier alpha value is -0.850. The van der Waals surface area contributed by atoms with Gasteiger partial charge >= 0.3 is 0 Å². The fourth-order valence-corrected chi connectivity index (χ4v) is 3.03. The van der Waals surface area contributed by atoms with Crippen LogP contribution in [-0.2, 0) is 6.42 Å². The van der Waals surface area contributed by atoms with Gasteiger partial charge in [-0.2, -0.15) is 0 Å². The van der Waals surface area contributed by atoms with Crippen molar-refractivity contribution in [2.45, 2.75) is 33.2 Å². The van der Waals surface area contributed by atoms with Crippen LogP contribution in [0.1, 0.15) is 23.9 Å². The van der Waals surface area contributed by atoms with Gasteiger partial charge in [-0.15, -0.1) is 21.5 Å². The highest BCUT2D eigenvalue weighted by Crippen LogP contribution is 2.28. The maximum atomic E-state index is 4.23. The summed E-state index contributed by atoms with van der Waals surface area (Å²) >= 11 is 3.32. The quantitative estimate of drug-likeness (QED) is 0.905. The first-order valence-corrected chi connectivity index (χ1v) is 7.27. The second kappa shape index (κ2) is 5.66. The van der Waals surface area contributed by atoms with Gasteiger partial charge < -0.3 is 5.32 Å². The van der Waals surface area contributed by atoms with Gasteiger partial charge in [-0.25, -0.2) is 4.98 Å². The van der Waals surface area contributed by atoms with Crippen LogP contribution in [0.4, 0.5) is 0 Å². The number of nitrogens with one attached hydrogen (secondary N) is 1. The average Bonchev–Trinajstić information content (AvgIpc) is 2.86. The van der Waals surface area contributed by atoms with Crippen molar-refractivity contribution >= 4 is 22.7 Å². The highest BCUT2D eigenvalue weighted by molar-refractivity contribution is 7.21. The minimum atomic E-state index is 0.520. The van der Waals surface area contributed by atoms with Crippen molar-refractivity contribution in [3.63, 3.8) is 0 Å². The molecule has 0 spiro atoms. The van der Waals surface area contributed by atoms with E-state index in [1.807, 2.05) is 13.1 Å². The normalized spacial score (nSPS) is 11.3. The van der Waals surface area contributed by atoms with Gasteiger partial charge in [0.05, 0.1) is 9.88 Å². The van der Waals surface area contributed by atoms with Crippen LogP contribution in [0.15, 0.2) is 6.20 Å². The summed E-state index contributed by atoms with van der Waals surface area (Å²) < 4.78 is 0. The first-order chi connectivity index (χ1) is 8.15. The molecule has 2 aromatic rings. The Morgan fingerprint density at radius 1 is 1.29 bits per heavy atom. The van der Waals surface area contributed by atoms with E-state index in [-0.39, 0.29) is 0 Å². The molecule has 17 heavy (non-hydrogen) atoms. The van der Waals surface area contributed by atoms with Gasteiger partial charge in [0.25, 0.3) is 0 Å². The Bertz CT molecular complexity index is 475. The standard InChI is InChI=1S/C11H16N4S2/c1-7(2)12-5-4-10-14-15-11(17-10)9-6-13-8(3)16-9/h6-7,12H,4-5H2,1-3H3. The number of hydrogen-bond acceptors (Lipinski definition) is 6. The van der Waals surface area contributed by atoms with Crippen molar-refractivity contribution < 1.29 is 0 Å². The molecule has 2 aromatic heterocycles. The molecule has 0 fully saturated rings. The molecular formula is C11H16N4S2. The number of hydrogen-bond donors (Lipinski definition) is 1. The molecule has 0 aliphatic carbocycles. The second-order valence-corrected chi connectivity index (χ2v) is 6.40. The number of thiazole rings is 1. The van der Waals surface area contributed by atoms with E-state index in [0.29, 0.717) is 6.04 Å². The van der Waals surface area contributed by atoms with E-state index in [4.69, 9.17) is 0 Å². The van der Waals surface area contributed by atoms with Gasteiger partial charge in [-0.1, -0.05) is 25.2 Å². The van der Waals surface area contributed by atoms with Gasteiger partial charge in [-0.3, -0.25) is 0 Å².